The van der Waals surface area contributed by atoms with E-state index < -0.39 is 0 Å². The molecule has 1 rings (SSSR count). The van der Waals surface area contributed by atoms with Gasteiger partial charge in [0.25, 0.3) is 0 Å². The summed E-state index contributed by atoms with van der Waals surface area (Å²) in [6.07, 6.45) is 0. The number of hydrogen-bond donors (Lipinski definition) is 2. The molecule has 0 saturated carbocycles. The minimum absolute atomic E-state index is 0.404. The fourth-order valence-corrected chi connectivity index (χ4v) is 1.36. The molecule has 78 valence electrons. The van der Waals surface area contributed by atoms with E-state index in [1.807, 2.05) is 6.07 Å². The van der Waals surface area contributed by atoms with Crippen molar-refractivity contribution in [2.45, 2.75) is 25.8 Å². The van der Waals surface area contributed by atoms with E-state index in [4.69, 9.17) is 5.73 Å². The van der Waals surface area contributed by atoms with Crippen molar-refractivity contribution >= 4 is 0 Å². The minimum Gasteiger partial charge on any atom is -0.329 e. The lowest BCUT2D eigenvalue weighted by atomic mass is 10.0. The molecule has 0 fully saturated rings. The number of hydrogen-bond acceptors (Lipinski definition) is 2. The minimum atomic E-state index is 0.404. The first kappa shape index (κ1) is 11.2. The Hall–Kier alpha value is -0.860. The SMILES string of the molecule is CC(CN[C@H](C)CN)c1ccccc1. The van der Waals surface area contributed by atoms with Crippen LogP contribution in [0.1, 0.15) is 25.3 Å². The zero-order valence-corrected chi connectivity index (χ0v) is 9.03. The van der Waals surface area contributed by atoms with Crippen LogP contribution in [0, 0.1) is 0 Å². The Labute approximate surface area is 86.5 Å². The van der Waals surface area contributed by atoms with E-state index in [0.717, 1.165) is 6.54 Å². The summed E-state index contributed by atoms with van der Waals surface area (Å²) >= 11 is 0. The Balaban J connectivity index is 2.39. The summed E-state index contributed by atoms with van der Waals surface area (Å²) in [6, 6.07) is 10.9. The molecule has 0 aromatic heterocycles. The largest absolute Gasteiger partial charge is 0.329 e. The average Bonchev–Trinajstić information content (AvgIpc) is 2.26. The lowest BCUT2D eigenvalue weighted by molar-refractivity contribution is 0.525. The van der Waals surface area contributed by atoms with Crippen LogP contribution in [-0.2, 0) is 0 Å². The van der Waals surface area contributed by atoms with E-state index in [0.29, 0.717) is 18.5 Å². The van der Waals surface area contributed by atoms with Crippen molar-refractivity contribution in [3.63, 3.8) is 0 Å². The topological polar surface area (TPSA) is 38.0 Å². The van der Waals surface area contributed by atoms with Gasteiger partial charge in [-0.05, 0) is 18.4 Å². The zero-order chi connectivity index (χ0) is 10.4. The maximum absolute atomic E-state index is 5.53. The van der Waals surface area contributed by atoms with Crippen LogP contribution in [0.5, 0.6) is 0 Å². The second kappa shape index (κ2) is 5.78. The van der Waals surface area contributed by atoms with Gasteiger partial charge in [0.1, 0.15) is 0 Å². The molecule has 2 atom stereocenters. The third-order valence-electron chi connectivity index (χ3n) is 2.49. The highest BCUT2D eigenvalue weighted by molar-refractivity contribution is 5.18. The van der Waals surface area contributed by atoms with Gasteiger partial charge in [0.05, 0.1) is 0 Å². The van der Waals surface area contributed by atoms with Crippen molar-refractivity contribution in [2.24, 2.45) is 5.73 Å². The predicted molar refractivity (Wildman–Crippen MR) is 61.4 cm³/mol. The second-order valence-electron chi connectivity index (χ2n) is 3.86. The maximum atomic E-state index is 5.53. The standard InChI is InChI=1S/C12H20N2/c1-10(9-14-11(2)8-13)12-6-4-3-5-7-12/h3-7,10-11,14H,8-9,13H2,1-2H3/t10?,11-/m1/s1. The molecule has 0 aliphatic heterocycles. The number of rotatable bonds is 5. The van der Waals surface area contributed by atoms with E-state index in [-0.39, 0.29) is 0 Å². The maximum Gasteiger partial charge on any atom is 0.0162 e. The van der Waals surface area contributed by atoms with Crippen LogP contribution in [0.4, 0.5) is 0 Å². The summed E-state index contributed by atoms with van der Waals surface area (Å²) in [5, 5.41) is 3.41. The van der Waals surface area contributed by atoms with Gasteiger partial charge in [-0.3, -0.25) is 0 Å². The van der Waals surface area contributed by atoms with Crippen molar-refractivity contribution in [3.05, 3.63) is 35.9 Å². The summed E-state index contributed by atoms with van der Waals surface area (Å²) in [7, 11) is 0. The fraction of sp³-hybridized carbons (Fsp3) is 0.500. The van der Waals surface area contributed by atoms with Gasteiger partial charge in [-0.15, -0.1) is 0 Å². The van der Waals surface area contributed by atoms with E-state index >= 15 is 0 Å². The summed E-state index contributed by atoms with van der Waals surface area (Å²) in [6.45, 7) is 6.02. The molecule has 1 aromatic rings. The molecule has 14 heavy (non-hydrogen) atoms. The van der Waals surface area contributed by atoms with Crippen molar-refractivity contribution in [1.29, 1.82) is 0 Å². The van der Waals surface area contributed by atoms with Gasteiger partial charge in [-0.1, -0.05) is 37.3 Å². The first-order valence-corrected chi connectivity index (χ1v) is 5.22. The van der Waals surface area contributed by atoms with Crippen LogP contribution < -0.4 is 11.1 Å². The quantitative estimate of drug-likeness (QED) is 0.745. The van der Waals surface area contributed by atoms with Gasteiger partial charge >= 0.3 is 0 Å². The Bertz CT molecular complexity index is 246. The average molecular weight is 192 g/mol. The Morgan fingerprint density at radius 2 is 1.86 bits per heavy atom. The van der Waals surface area contributed by atoms with E-state index in [9.17, 15) is 0 Å². The second-order valence-corrected chi connectivity index (χ2v) is 3.86. The Kier molecular flexibility index (Phi) is 4.63. The smallest absolute Gasteiger partial charge is 0.0162 e. The van der Waals surface area contributed by atoms with Crippen LogP contribution in [-0.4, -0.2) is 19.1 Å². The van der Waals surface area contributed by atoms with Crippen LogP contribution in [0.3, 0.4) is 0 Å². The van der Waals surface area contributed by atoms with Crippen molar-refractivity contribution < 1.29 is 0 Å². The van der Waals surface area contributed by atoms with Crippen molar-refractivity contribution in [2.75, 3.05) is 13.1 Å². The monoisotopic (exact) mass is 192 g/mol. The first-order valence-electron chi connectivity index (χ1n) is 5.22. The third kappa shape index (κ3) is 3.48. The number of nitrogens with one attached hydrogen (secondary N) is 1. The molecule has 0 aliphatic rings. The highest BCUT2D eigenvalue weighted by Gasteiger charge is 2.05. The van der Waals surface area contributed by atoms with Crippen LogP contribution in [0.15, 0.2) is 30.3 Å². The Morgan fingerprint density at radius 3 is 2.43 bits per heavy atom. The first-order chi connectivity index (χ1) is 6.74. The normalized spacial score (nSPS) is 15.1. The van der Waals surface area contributed by atoms with Crippen molar-refractivity contribution in [3.8, 4) is 0 Å². The van der Waals surface area contributed by atoms with Gasteiger partial charge in [-0.2, -0.15) is 0 Å². The molecule has 0 spiro atoms. The zero-order valence-electron chi connectivity index (χ0n) is 9.03. The van der Waals surface area contributed by atoms with E-state index in [1.54, 1.807) is 0 Å². The molecular formula is C12H20N2. The molecular weight excluding hydrogens is 172 g/mol. The van der Waals surface area contributed by atoms with Crippen LogP contribution in [0.25, 0.3) is 0 Å². The molecule has 0 heterocycles. The molecule has 0 saturated heterocycles. The lowest BCUT2D eigenvalue weighted by Crippen LogP contribution is -2.35. The van der Waals surface area contributed by atoms with E-state index in [1.165, 1.54) is 5.56 Å². The van der Waals surface area contributed by atoms with Gasteiger partial charge in [0, 0.05) is 19.1 Å². The Morgan fingerprint density at radius 1 is 1.21 bits per heavy atom. The third-order valence-corrected chi connectivity index (χ3v) is 2.49. The predicted octanol–water partition coefficient (Wildman–Crippen LogP) is 1.73. The number of nitrogens with two attached hydrogens (primary N) is 1. The summed E-state index contributed by atoms with van der Waals surface area (Å²) < 4.78 is 0. The van der Waals surface area contributed by atoms with Crippen LogP contribution >= 0.6 is 0 Å². The van der Waals surface area contributed by atoms with Crippen LogP contribution in [0.2, 0.25) is 0 Å². The summed E-state index contributed by atoms with van der Waals surface area (Å²) in [5.41, 5.74) is 6.91. The molecule has 0 amide bonds. The molecule has 0 radical (unpaired) electrons. The van der Waals surface area contributed by atoms with Crippen molar-refractivity contribution in [1.82, 2.24) is 5.32 Å². The molecule has 0 bridgehead atoms. The highest BCUT2D eigenvalue weighted by atomic mass is 14.9. The lowest BCUT2D eigenvalue weighted by Gasteiger charge is -2.16. The van der Waals surface area contributed by atoms with E-state index in [2.05, 4.69) is 43.4 Å². The fourth-order valence-electron chi connectivity index (χ4n) is 1.36. The molecule has 1 aromatic carbocycles. The highest BCUT2D eigenvalue weighted by Crippen LogP contribution is 2.12. The summed E-state index contributed by atoms with van der Waals surface area (Å²) in [5.74, 6) is 0.546. The van der Waals surface area contributed by atoms with Gasteiger partial charge in [-0.25, -0.2) is 0 Å². The molecule has 3 N–H and O–H groups in total. The van der Waals surface area contributed by atoms with Gasteiger partial charge in [0.2, 0.25) is 0 Å². The molecule has 2 nitrogen and oxygen atoms in total. The van der Waals surface area contributed by atoms with Gasteiger partial charge in [0.15, 0.2) is 0 Å². The number of benzene rings is 1. The molecule has 1 unspecified atom stereocenters. The molecule has 2 heteroatoms. The summed E-state index contributed by atoms with van der Waals surface area (Å²) in [4.78, 5) is 0. The molecule has 0 aliphatic carbocycles. The van der Waals surface area contributed by atoms with Gasteiger partial charge < -0.3 is 11.1 Å².